The fourth-order valence-corrected chi connectivity index (χ4v) is 4.87. The zero-order chi connectivity index (χ0) is 23.8. The molecule has 6 heteroatoms. The molecule has 194 valence electrons. The van der Waals surface area contributed by atoms with E-state index >= 15 is 0 Å². The maximum atomic E-state index is 10.8. The van der Waals surface area contributed by atoms with Crippen molar-refractivity contribution < 1.29 is 46.7 Å². The first-order valence-electron chi connectivity index (χ1n) is 14.1. The van der Waals surface area contributed by atoms with E-state index in [0.29, 0.717) is 0 Å². The minimum atomic E-state index is -4.57. The van der Waals surface area contributed by atoms with Crippen LogP contribution >= 0.6 is 0 Å². The zero-order valence-electron chi connectivity index (χ0n) is 22.6. The minimum absolute atomic E-state index is 0. The summed E-state index contributed by atoms with van der Waals surface area (Å²) in [5, 5.41) is 0. The van der Waals surface area contributed by atoms with Crippen LogP contribution in [0.15, 0.2) is 0 Å². The summed E-state index contributed by atoms with van der Waals surface area (Å²) in [6, 6.07) is 0. The Bertz CT molecular complexity index is 471. The summed E-state index contributed by atoms with van der Waals surface area (Å²) in [6.45, 7) is 4.54. The molecule has 0 aliphatic heterocycles. The molecular formula is C27H55NaO4S. The van der Waals surface area contributed by atoms with Crippen molar-refractivity contribution in [1.29, 1.82) is 0 Å². The predicted octanol–water partition coefficient (Wildman–Crippen LogP) is 6.10. The van der Waals surface area contributed by atoms with Crippen LogP contribution < -0.4 is 29.6 Å². The SMILES string of the molecule is CCCCCCCCCCCCCCCCCCC(CCCCCCC)COS(=O)(=O)[O-].[Na+]. The van der Waals surface area contributed by atoms with E-state index in [1.165, 1.54) is 122 Å². The minimum Gasteiger partial charge on any atom is -0.726 e. The van der Waals surface area contributed by atoms with Crippen molar-refractivity contribution >= 4 is 10.4 Å². The van der Waals surface area contributed by atoms with Crippen molar-refractivity contribution in [2.75, 3.05) is 6.61 Å². The molecule has 0 heterocycles. The monoisotopic (exact) mass is 498 g/mol. The first-order chi connectivity index (χ1) is 15.5. The van der Waals surface area contributed by atoms with Crippen LogP contribution in [0.1, 0.15) is 162 Å². The predicted molar refractivity (Wildman–Crippen MR) is 137 cm³/mol. The summed E-state index contributed by atoms with van der Waals surface area (Å²) in [5.41, 5.74) is 0. The van der Waals surface area contributed by atoms with Gasteiger partial charge in [0.25, 0.3) is 0 Å². The van der Waals surface area contributed by atoms with Gasteiger partial charge in [-0.1, -0.05) is 149 Å². The third-order valence-electron chi connectivity index (χ3n) is 6.63. The van der Waals surface area contributed by atoms with E-state index in [0.717, 1.165) is 25.7 Å². The maximum absolute atomic E-state index is 10.8. The van der Waals surface area contributed by atoms with E-state index in [1.807, 2.05) is 0 Å². The van der Waals surface area contributed by atoms with Gasteiger partial charge in [0.1, 0.15) is 0 Å². The van der Waals surface area contributed by atoms with Crippen molar-refractivity contribution in [3.05, 3.63) is 0 Å². The van der Waals surface area contributed by atoms with Crippen molar-refractivity contribution in [2.24, 2.45) is 5.92 Å². The molecule has 1 atom stereocenters. The molecule has 0 rings (SSSR count). The number of hydrogen-bond donors (Lipinski definition) is 0. The molecule has 0 N–H and O–H groups in total. The van der Waals surface area contributed by atoms with Gasteiger partial charge in [-0.05, 0) is 18.8 Å². The second-order valence-corrected chi connectivity index (χ2v) is 10.9. The van der Waals surface area contributed by atoms with Crippen molar-refractivity contribution in [1.82, 2.24) is 0 Å². The second-order valence-electron chi connectivity index (χ2n) is 9.85. The van der Waals surface area contributed by atoms with Gasteiger partial charge in [-0.2, -0.15) is 0 Å². The van der Waals surface area contributed by atoms with Crippen LogP contribution in [0, 0.1) is 5.92 Å². The van der Waals surface area contributed by atoms with Crippen LogP contribution in [0.25, 0.3) is 0 Å². The molecule has 0 saturated carbocycles. The maximum Gasteiger partial charge on any atom is 1.00 e. The second kappa shape index (κ2) is 27.5. The van der Waals surface area contributed by atoms with Crippen molar-refractivity contribution in [3.63, 3.8) is 0 Å². The summed E-state index contributed by atoms with van der Waals surface area (Å²) < 4.78 is 37.0. The first-order valence-corrected chi connectivity index (χ1v) is 15.4. The van der Waals surface area contributed by atoms with Gasteiger partial charge in [-0.15, -0.1) is 0 Å². The van der Waals surface area contributed by atoms with Crippen LogP contribution in [-0.2, 0) is 14.6 Å². The number of rotatable bonds is 26. The number of hydrogen-bond acceptors (Lipinski definition) is 4. The topological polar surface area (TPSA) is 66.4 Å². The molecule has 0 radical (unpaired) electrons. The van der Waals surface area contributed by atoms with E-state index in [-0.39, 0.29) is 42.1 Å². The Balaban J connectivity index is 0. The summed E-state index contributed by atoms with van der Waals surface area (Å²) in [5.74, 6) is 0.201. The molecule has 0 amide bonds. The summed E-state index contributed by atoms with van der Waals surface area (Å²) in [6.07, 6.45) is 29.6. The Morgan fingerprint density at radius 2 is 0.818 bits per heavy atom. The molecule has 1 unspecified atom stereocenters. The van der Waals surface area contributed by atoms with Crippen LogP contribution in [0.3, 0.4) is 0 Å². The van der Waals surface area contributed by atoms with E-state index < -0.39 is 10.4 Å². The fourth-order valence-electron chi connectivity index (χ4n) is 4.51. The Morgan fingerprint density at radius 3 is 1.09 bits per heavy atom. The molecular weight excluding hydrogens is 443 g/mol. The first kappa shape index (κ1) is 36.0. The molecule has 0 bridgehead atoms. The van der Waals surface area contributed by atoms with Gasteiger partial charge in [0.15, 0.2) is 0 Å². The van der Waals surface area contributed by atoms with Gasteiger partial charge in [0.2, 0.25) is 10.4 Å². The molecule has 0 aliphatic carbocycles. The largest absolute Gasteiger partial charge is 1.00 e. The molecule has 0 aliphatic rings. The van der Waals surface area contributed by atoms with E-state index in [4.69, 9.17) is 0 Å². The van der Waals surface area contributed by atoms with Crippen LogP contribution in [0.5, 0.6) is 0 Å². The van der Waals surface area contributed by atoms with Crippen LogP contribution in [-0.4, -0.2) is 19.6 Å². The molecule has 0 fully saturated rings. The Kier molecular flexibility index (Phi) is 30.0. The fraction of sp³-hybridized carbons (Fsp3) is 1.00. The third-order valence-corrected chi connectivity index (χ3v) is 7.05. The van der Waals surface area contributed by atoms with E-state index in [9.17, 15) is 13.0 Å². The Hall–Kier alpha value is 0.870. The normalized spacial score (nSPS) is 12.6. The molecule has 0 aromatic rings. The average Bonchev–Trinajstić information content (AvgIpc) is 2.75. The summed E-state index contributed by atoms with van der Waals surface area (Å²) in [7, 11) is -4.57. The van der Waals surface area contributed by atoms with E-state index in [1.54, 1.807) is 0 Å². The quantitative estimate of drug-likeness (QED) is 0.0626. The summed E-state index contributed by atoms with van der Waals surface area (Å²) in [4.78, 5) is 0. The Labute approximate surface area is 230 Å². The molecule has 33 heavy (non-hydrogen) atoms. The van der Waals surface area contributed by atoms with E-state index in [2.05, 4.69) is 18.0 Å². The third kappa shape index (κ3) is 30.8. The van der Waals surface area contributed by atoms with Crippen LogP contribution in [0.2, 0.25) is 0 Å². The Morgan fingerprint density at radius 1 is 0.545 bits per heavy atom. The van der Waals surface area contributed by atoms with Gasteiger partial charge in [0.05, 0.1) is 6.61 Å². The summed E-state index contributed by atoms with van der Waals surface area (Å²) >= 11 is 0. The smallest absolute Gasteiger partial charge is 0.726 e. The molecule has 0 saturated heterocycles. The van der Waals surface area contributed by atoms with Gasteiger partial charge in [-0.3, -0.25) is 4.18 Å². The molecule has 0 aromatic carbocycles. The van der Waals surface area contributed by atoms with Gasteiger partial charge in [0, 0.05) is 0 Å². The van der Waals surface area contributed by atoms with Crippen molar-refractivity contribution in [3.8, 4) is 0 Å². The van der Waals surface area contributed by atoms with Gasteiger partial charge in [-0.25, -0.2) is 8.42 Å². The number of unbranched alkanes of at least 4 members (excludes halogenated alkanes) is 19. The van der Waals surface area contributed by atoms with Crippen LogP contribution in [0.4, 0.5) is 0 Å². The molecule has 0 aromatic heterocycles. The van der Waals surface area contributed by atoms with Gasteiger partial charge < -0.3 is 4.55 Å². The standard InChI is InChI=1S/C27H56O4S.Na/c1-3-5-7-9-10-11-12-13-14-15-16-17-18-19-21-23-25-27(26-31-32(28,29)30)24-22-20-8-6-4-2;/h27H,3-26H2,1-2H3,(H,28,29,30);/q;+1/p-1. The molecule has 4 nitrogen and oxygen atoms in total. The average molecular weight is 499 g/mol. The molecule has 0 spiro atoms. The van der Waals surface area contributed by atoms with Crippen molar-refractivity contribution in [2.45, 2.75) is 162 Å². The van der Waals surface area contributed by atoms with Gasteiger partial charge >= 0.3 is 29.6 Å². The zero-order valence-corrected chi connectivity index (χ0v) is 25.4.